The van der Waals surface area contributed by atoms with Crippen molar-refractivity contribution in [2.24, 2.45) is 0 Å². The van der Waals surface area contributed by atoms with Gasteiger partial charge in [-0.3, -0.25) is 0 Å². The lowest BCUT2D eigenvalue weighted by Crippen LogP contribution is -2.51. The third kappa shape index (κ3) is 2.64. The van der Waals surface area contributed by atoms with Crippen LogP contribution in [0.15, 0.2) is 4.52 Å². The summed E-state index contributed by atoms with van der Waals surface area (Å²) >= 11 is 0. The smallest absolute Gasteiger partial charge is 0.322 e. The predicted molar refractivity (Wildman–Crippen MR) is 66.6 cm³/mol. The largest absolute Gasteiger partial charge is 0.372 e. The Hall–Kier alpha value is -1.56. The van der Waals surface area contributed by atoms with Crippen molar-refractivity contribution in [2.75, 3.05) is 25.0 Å². The molecule has 0 atom stereocenters. The van der Waals surface area contributed by atoms with E-state index in [9.17, 15) is 4.79 Å². The molecule has 1 N–H and O–H groups in total. The Kier molecular flexibility index (Phi) is 3.30. The molecule has 2 heterocycles. The van der Waals surface area contributed by atoms with Gasteiger partial charge in [-0.05, 0) is 27.7 Å². The van der Waals surface area contributed by atoms with E-state index in [-0.39, 0.29) is 11.6 Å². The van der Waals surface area contributed by atoms with Crippen LogP contribution in [0.3, 0.4) is 0 Å². The maximum absolute atomic E-state index is 12.1. The van der Waals surface area contributed by atoms with Crippen molar-refractivity contribution in [2.45, 2.75) is 33.3 Å². The molecule has 6 heteroatoms. The molecule has 0 radical (unpaired) electrons. The molecule has 0 aliphatic carbocycles. The second-order valence-electron chi connectivity index (χ2n) is 5.16. The van der Waals surface area contributed by atoms with E-state index >= 15 is 0 Å². The van der Waals surface area contributed by atoms with Gasteiger partial charge in [0.25, 0.3) is 0 Å². The maximum Gasteiger partial charge on any atom is 0.322 e. The summed E-state index contributed by atoms with van der Waals surface area (Å²) in [5.74, 6) is 0.619. The van der Waals surface area contributed by atoms with Gasteiger partial charge in [0.15, 0.2) is 5.76 Å². The summed E-state index contributed by atoms with van der Waals surface area (Å²) in [4.78, 5) is 13.9. The summed E-state index contributed by atoms with van der Waals surface area (Å²) in [6, 6.07) is -0.138. The van der Waals surface area contributed by atoms with E-state index in [1.807, 2.05) is 13.8 Å². The van der Waals surface area contributed by atoms with Gasteiger partial charge < -0.3 is 19.5 Å². The van der Waals surface area contributed by atoms with Crippen LogP contribution < -0.4 is 5.32 Å². The van der Waals surface area contributed by atoms with E-state index < -0.39 is 0 Å². The summed E-state index contributed by atoms with van der Waals surface area (Å²) in [5, 5.41) is 6.65. The zero-order valence-electron chi connectivity index (χ0n) is 11.2. The number of amides is 2. The Morgan fingerprint density at radius 3 is 2.72 bits per heavy atom. The van der Waals surface area contributed by atoms with Crippen molar-refractivity contribution in [3.63, 3.8) is 0 Å². The van der Waals surface area contributed by atoms with Crippen LogP contribution in [0.4, 0.5) is 10.5 Å². The number of ether oxygens (including phenoxy) is 1. The number of nitrogens with one attached hydrogen (secondary N) is 1. The molecule has 1 aromatic heterocycles. The molecule has 2 rings (SSSR count). The van der Waals surface area contributed by atoms with Gasteiger partial charge in [-0.1, -0.05) is 5.16 Å². The van der Waals surface area contributed by atoms with Crippen molar-refractivity contribution >= 4 is 11.7 Å². The third-order valence-corrected chi connectivity index (χ3v) is 2.98. The summed E-state index contributed by atoms with van der Waals surface area (Å²) in [5.41, 5.74) is 1.05. The fraction of sp³-hybridized carbons (Fsp3) is 0.667. The molecule has 1 aliphatic heterocycles. The minimum atomic E-state index is -0.297. The number of carbonyl (C=O) groups is 1. The minimum Gasteiger partial charge on any atom is -0.372 e. The average Bonchev–Trinajstić information content (AvgIpc) is 2.59. The molecule has 0 aromatic carbocycles. The Bertz CT molecular complexity index is 434. The average molecular weight is 253 g/mol. The topological polar surface area (TPSA) is 67.6 Å². The van der Waals surface area contributed by atoms with E-state index in [0.29, 0.717) is 36.8 Å². The van der Waals surface area contributed by atoms with Crippen molar-refractivity contribution in [3.05, 3.63) is 11.5 Å². The minimum absolute atomic E-state index is 0.138. The number of morpholine rings is 1. The molecule has 6 nitrogen and oxygen atoms in total. The number of hydrogen-bond acceptors (Lipinski definition) is 4. The number of carbonyl (C=O) groups excluding carboxylic acids is 1. The number of aromatic nitrogens is 1. The van der Waals surface area contributed by atoms with Crippen LogP contribution in [-0.4, -0.2) is 41.4 Å². The molecule has 1 fully saturated rings. The highest BCUT2D eigenvalue weighted by atomic mass is 16.5. The van der Waals surface area contributed by atoms with E-state index in [2.05, 4.69) is 10.5 Å². The highest BCUT2D eigenvalue weighted by Gasteiger charge is 2.30. The summed E-state index contributed by atoms with van der Waals surface area (Å²) in [7, 11) is 0. The van der Waals surface area contributed by atoms with Crippen LogP contribution in [-0.2, 0) is 4.74 Å². The van der Waals surface area contributed by atoms with Gasteiger partial charge in [-0.2, -0.15) is 0 Å². The first-order valence-corrected chi connectivity index (χ1v) is 6.02. The zero-order chi connectivity index (χ0) is 13.3. The fourth-order valence-corrected chi connectivity index (χ4v) is 2.04. The van der Waals surface area contributed by atoms with Crippen LogP contribution in [0.5, 0.6) is 0 Å². The molecule has 18 heavy (non-hydrogen) atoms. The lowest BCUT2D eigenvalue weighted by Gasteiger charge is -2.37. The lowest BCUT2D eigenvalue weighted by molar-refractivity contribution is -0.0720. The fourth-order valence-electron chi connectivity index (χ4n) is 2.04. The Morgan fingerprint density at radius 2 is 2.17 bits per heavy atom. The van der Waals surface area contributed by atoms with Gasteiger partial charge >= 0.3 is 6.03 Å². The first-order chi connectivity index (χ1) is 8.39. The van der Waals surface area contributed by atoms with Gasteiger partial charge in [0.1, 0.15) is 11.4 Å². The molecule has 0 unspecified atom stereocenters. The first kappa shape index (κ1) is 12.9. The molecule has 100 valence electrons. The van der Waals surface area contributed by atoms with Crippen molar-refractivity contribution in [3.8, 4) is 0 Å². The Morgan fingerprint density at radius 1 is 1.44 bits per heavy atom. The molecule has 2 amide bonds. The van der Waals surface area contributed by atoms with Gasteiger partial charge in [0.2, 0.25) is 0 Å². The summed E-state index contributed by atoms with van der Waals surface area (Å²) < 4.78 is 10.6. The normalized spacial score (nSPS) is 18.8. The van der Waals surface area contributed by atoms with E-state index in [1.165, 1.54) is 0 Å². The number of anilines is 1. The monoisotopic (exact) mass is 253 g/mol. The van der Waals surface area contributed by atoms with E-state index in [4.69, 9.17) is 9.26 Å². The lowest BCUT2D eigenvalue weighted by atomic mass is 10.1. The maximum atomic E-state index is 12.1. The third-order valence-electron chi connectivity index (χ3n) is 2.98. The van der Waals surface area contributed by atoms with E-state index in [0.717, 1.165) is 0 Å². The van der Waals surface area contributed by atoms with Gasteiger partial charge in [0.05, 0.1) is 18.8 Å². The zero-order valence-corrected chi connectivity index (χ0v) is 11.2. The molecule has 0 spiro atoms. The number of hydrogen-bond donors (Lipinski definition) is 1. The molecule has 0 bridgehead atoms. The second kappa shape index (κ2) is 4.61. The molecule has 0 saturated carbocycles. The molecule has 1 aliphatic rings. The van der Waals surface area contributed by atoms with Crippen LogP contribution in [0.2, 0.25) is 0 Å². The van der Waals surface area contributed by atoms with E-state index in [1.54, 1.807) is 18.7 Å². The molecule has 1 aromatic rings. The van der Waals surface area contributed by atoms with Gasteiger partial charge in [-0.15, -0.1) is 0 Å². The van der Waals surface area contributed by atoms with Gasteiger partial charge in [0, 0.05) is 6.54 Å². The summed E-state index contributed by atoms with van der Waals surface area (Å²) in [6.07, 6.45) is 0. The number of nitrogens with zero attached hydrogens (tertiary/aromatic N) is 2. The Labute approximate surface area is 106 Å². The van der Waals surface area contributed by atoms with Crippen LogP contribution in [0.1, 0.15) is 25.3 Å². The van der Waals surface area contributed by atoms with Crippen molar-refractivity contribution in [1.82, 2.24) is 10.1 Å². The van der Waals surface area contributed by atoms with Crippen LogP contribution in [0, 0.1) is 13.8 Å². The highest BCUT2D eigenvalue weighted by Crippen LogP contribution is 2.21. The quantitative estimate of drug-likeness (QED) is 0.830. The molecular formula is C12H19N3O3. The molecular weight excluding hydrogens is 234 g/mol. The van der Waals surface area contributed by atoms with Crippen molar-refractivity contribution < 1.29 is 14.1 Å². The SMILES string of the molecule is Cc1noc(C)c1NC(=O)N1CCOC(C)(C)C1. The summed E-state index contributed by atoms with van der Waals surface area (Å²) in [6.45, 7) is 9.25. The second-order valence-corrected chi connectivity index (χ2v) is 5.16. The van der Waals surface area contributed by atoms with Crippen LogP contribution >= 0.6 is 0 Å². The number of aryl methyl sites for hydroxylation is 2. The first-order valence-electron chi connectivity index (χ1n) is 6.02. The van der Waals surface area contributed by atoms with Crippen LogP contribution in [0.25, 0.3) is 0 Å². The number of urea groups is 1. The predicted octanol–water partition coefficient (Wildman–Crippen LogP) is 1.93. The van der Waals surface area contributed by atoms with Crippen molar-refractivity contribution in [1.29, 1.82) is 0 Å². The highest BCUT2D eigenvalue weighted by molar-refractivity contribution is 5.90. The molecule has 1 saturated heterocycles. The van der Waals surface area contributed by atoms with Gasteiger partial charge in [-0.25, -0.2) is 4.79 Å². The number of rotatable bonds is 1. The Balaban J connectivity index is 2.04. The standard InChI is InChI=1S/C12H19N3O3/c1-8-10(9(2)18-14-8)13-11(16)15-5-6-17-12(3,4)7-15/h5-7H2,1-4H3,(H,13,16).